The molecule has 0 bridgehead atoms. The molecule has 0 aliphatic carbocycles. The van der Waals surface area contributed by atoms with Gasteiger partial charge in [0.2, 0.25) is 0 Å². The smallest absolute Gasteiger partial charge is 0.457 e. The summed E-state index contributed by atoms with van der Waals surface area (Å²) < 4.78 is 27.7. The summed E-state index contributed by atoms with van der Waals surface area (Å²) in [6, 6.07) is 10.3. The number of benzene rings is 2. The molecule has 10 nitrogen and oxygen atoms in total. The molecular weight excluding hydrogens is 427 g/mol. The number of fused-ring (bicyclic) bond motifs is 1. The number of ether oxygens (including phenoxy) is 2. The van der Waals surface area contributed by atoms with Crippen LogP contribution in [0.3, 0.4) is 0 Å². The van der Waals surface area contributed by atoms with Crippen LogP contribution in [0, 0.1) is 0 Å². The van der Waals surface area contributed by atoms with E-state index in [0.717, 1.165) is 0 Å². The van der Waals surface area contributed by atoms with E-state index in [1.165, 1.54) is 35.0 Å². The van der Waals surface area contributed by atoms with E-state index in [4.69, 9.17) is 25.0 Å². The highest BCUT2D eigenvalue weighted by Crippen LogP contribution is 2.38. The highest BCUT2D eigenvalue weighted by Gasteiger charge is 2.22. The number of nitrogens with two attached hydrogens (primary N) is 1. The third-order valence-corrected chi connectivity index (χ3v) is 4.36. The van der Waals surface area contributed by atoms with Crippen LogP contribution < -0.4 is 15.0 Å². The molecule has 0 spiro atoms. The zero-order chi connectivity index (χ0) is 23.0. The van der Waals surface area contributed by atoms with Gasteiger partial charge in [0.15, 0.2) is 0 Å². The molecule has 3 rings (SSSR count). The van der Waals surface area contributed by atoms with Crippen molar-refractivity contribution in [3.05, 3.63) is 54.2 Å². The second-order valence-electron chi connectivity index (χ2n) is 7.59. The summed E-state index contributed by atoms with van der Waals surface area (Å²) in [5, 5.41) is 0.400. The number of carbonyl (C=O) groups excluding carboxylic acids is 2. The summed E-state index contributed by atoms with van der Waals surface area (Å²) in [7, 11) is -4.66. The molecule has 164 valence electrons. The van der Waals surface area contributed by atoms with Gasteiger partial charge in [-0.15, -0.1) is 0 Å². The molecule has 3 aromatic rings. The normalized spacial score (nSPS) is 11.9. The Hall–Kier alpha value is -3.33. The van der Waals surface area contributed by atoms with Crippen molar-refractivity contribution in [1.29, 1.82) is 0 Å². The van der Waals surface area contributed by atoms with E-state index in [2.05, 4.69) is 4.52 Å². The molecule has 31 heavy (non-hydrogen) atoms. The second kappa shape index (κ2) is 8.07. The van der Waals surface area contributed by atoms with Crippen molar-refractivity contribution in [2.75, 3.05) is 0 Å². The number of carbonyl (C=O) groups is 2. The highest BCUT2D eigenvalue weighted by molar-refractivity contribution is 7.46. The number of hydrogen-bond donors (Lipinski definition) is 3. The first kappa shape index (κ1) is 22.4. The summed E-state index contributed by atoms with van der Waals surface area (Å²) in [4.78, 5) is 42.1. The van der Waals surface area contributed by atoms with Crippen LogP contribution in [-0.2, 0) is 9.30 Å². The maximum Gasteiger partial charge on any atom is 0.524 e. The summed E-state index contributed by atoms with van der Waals surface area (Å²) in [5.41, 5.74) is 5.28. The van der Waals surface area contributed by atoms with Gasteiger partial charge in [0, 0.05) is 11.6 Å². The summed E-state index contributed by atoms with van der Waals surface area (Å²) in [5.74, 6) is -0.0461. The zero-order valence-electron chi connectivity index (χ0n) is 16.9. The molecule has 0 saturated heterocycles. The molecule has 1 aromatic heterocycles. The Morgan fingerprint density at radius 3 is 2.13 bits per heavy atom. The minimum absolute atomic E-state index is 0.0263. The van der Waals surface area contributed by atoms with Crippen LogP contribution in [0.2, 0.25) is 0 Å². The number of phosphoric ester groups is 1. The van der Waals surface area contributed by atoms with Crippen molar-refractivity contribution in [3.63, 3.8) is 0 Å². The van der Waals surface area contributed by atoms with Crippen molar-refractivity contribution < 1.29 is 37.9 Å². The van der Waals surface area contributed by atoms with Crippen LogP contribution in [0.15, 0.2) is 48.7 Å². The van der Waals surface area contributed by atoms with Crippen LogP contribution >= 0.6 is 7.82 Å². The van der Waals surface area contributed by atoms with Crippen LogP contribution in [0.5, 0.6) is 17.2 Å². The van der Waals surface area contributed by atoms with Gasteiger partial charge >= 0.3 is 13.9 Å². The molecule has 0 aliphatic rings. The molecule has 0 saturated carbocycles. The Morgan fingerprint density at radius 1 is 1.00 bits per heavy atom. The molecule has 4 N–H and O–H groups in total. The van der Waals surface area contributed by atoms with E-state index in [-0.39, 0.29) is 11.3 Å². The van der Waals surface area contributed by atoms with E-state index < -0.39 is 25.4 Å². The maximum absolute atomic E-state index is 12.5. The van der Waals surface area contributed by atoms with Gasteiger partial charge in [0.1, 0.15) is 22.8 Å². The Bertz CT molecular complexity index is 1190. The predicted octanol–water partition coefficient (Wildman–Crippen LogP) is 3.79. The van der Waals surface area contributed by atoms with Crippen LogP contribution in [0.25, 0.3) is 10.9 Å². The molecule has 0 radical (unpaired) electrons. The van der Waals surface area contributed by atoms with Gasteiger partial charge in [0.25, 0.3) is 5.91 Å². The number of aromatic nitrogens is 1. The second-order valence-corrected chi connectivity index (χ2v) is 8.76. The van der Waals surface area contributed by atoms with Crippen LogP contribution in [-0.4, -0.2) is 32.0 Å². The molecule has 1 amide bonds. The van der Waals surface area contributed by atoms with E-state index in [1.54, 1.807) is 39.0 Å². The quantitative estimate of drug-likeness (QED) is 0.499. The summed E-state index contributed by atoms with van der Waals surface area (Å²) in [6.45, 7) is 5.19. The Labute approximate surface area is 177 Å². The van der Waals surface area contributed by atoms with Crippen molar-refractivity contribution >= 4 is 30.7 Å². The van der Waals surface area contributed by atoms with Crippen molar-refractivity contribution in [2.24, 2.45) is 5.73 Å². The number of amides is 1. The highest BCUT2D eigenvalue weighted by atomic mass is 31.2. The largest absolute Gasteiger partial charge is 0.524 e. The van der Waals surface area contributed by atoms with Gasteiger partial charge in [0.05, 0.1) is 11.1 Å². The number of nitrogens with zero attached hydrogens (tertiary/aromatic N) is 1. The third-order valence-electron chi connectivity index (χ3n) is 3.92. The third kappa shape index (κ3) is 5.64. The first-order valence-electron chi connectivity index (χ1n) is 9.04. The number of primary amides is 1. The Morgan fingerprint density at radius 2 is 1.58 bits per heavy atom. The standard InChI is InChI=1S/C20H21N2O8P/c1-20(2,3)29-19(24)22-11-16(18(21)23)15-10-14(8-9-17(15)22)28-12-4-6-13(7-5-12)30-31(25,26)27/h4-11H,1-3H3,(H2,21,23)(H2,25,26,27). The molecule has 0 atom stereocenters. The van der Waals surface area contributed by atoms with Crippen LogP contribution in [0.4, 0.5) is 4.79 Å². The molecule has 1 heterocycles. The number of rotatable bonds is 5. The monoisotopic (exact) mass is 448 g/mol. The summed E-state index contributed by atoms with van der Waals surface area (Å²) >= 11 is 0. The van der Waals surface area contributed by atoms with Gasteiger partial charge in [-0.3, -0.25) is 19.1 Å². The number of phosphoric acid groups is 1. The fourth-order valence-electron chi connectivity index (χ4n) is 2.77. The lowest BCUT2D eigenvalue weighted by Crippen LogP contribution is -2.26. The molecular formula is C20H21N2O8P. The predicted molar refractivity (Wildman–Crippen MR) is 111 cm³/mol. The first-order chi connectivity index (χ1) is 14.3. The van der Waals surface area contributed by atoms with Gasteiger partial charge in [-0.1, -0.05) is 0 Å². The molecule has 0 unspecified atom stereocenters. The average Bonchev–Trinajstić information content (AvgIpc) is 3.00. The lowest BCUT2D eigenvalue weighted by molar-refractivity contribution is 0.0544. The van der Waals surface area contributed by atoms with Crippen LogP contribution in [0.1, 0.15) is 31.1 Å². The van der Waals surface area contributed by atoms with Crippen molar-refractivity contribution in [1.82, 2.24) is 4.57 Å². The minimum atomic E-state index is -4.66. The van der Waals surface area contributed by atoms with E-state index in [1.807, 2.05) is 0 Å². The van der Waals surface area contributed by atoms with Gasteiger partial charge < -0.3 is 19.7 Å². The topological polar surface area (TPSA) is 150 Å². The van der Waals surface area contributed by atoms with Gasteiger partial charge in [-0.2, -0.15) is 0 Å². The van der Waals surface area contributed by atoms with Gasteiger partial charge in [-0.25, -0.2) is 9.36 Å². The first-order valence-corrected chi connectivity index (χ1v) is 10.6. The van der Waals surface area contributed by atoms with E-state index >= 15 is 0 Å². The Balaban J connectivity index is 1.91. The van der Waals surface area contributed by atoms with E-state index in [9.17, 15) is 14.2 Å². The lowest BCUT2D eigenvalue weighted by atomic mass is 10.1. The van der Waals surface area contributed by atoms with E-state index in [0.29, 0.717) is 22.4 Å². The van der Waals surface area contributed by atoms with Gasteiger partial charge in [-0.05, 0) is 63.2 Å². The zero-order valence-corrected chi connectivity index (χ0v) is 17.8. The summed E-state index contributed by atoms with van der Waals surface area (Å²) in [6.07, 6.45) is 0.665. The maximum atomic E-state index is 12.5. The molecule has 0 aliphatic heterocycles. The Kier molecular flexibility index (Phi) is 5.82. The molecule has 11 heteroatoms. The van der Waals surface area contributed by atoms with Crippen molar-refractivity contribution in [3.8, 4) is 17.2 Å². The average molecular weight is 448 g/mol. The SMILES string of the molecule is CC(C)(C)OC(=O)n1cc(C(N)=O)c2cc(Oc3ccc(OP(=O)(O)O)cc3)ccc21. The minimum Gasteiger partial charge on any atom is -0.457 e. The van der Waals surface area contributed by atoms with Crippen molar-refractivity contribution in [2.45, 2.75) is 26.4 Å². The molecule has 0 fully saturated rings. The lowest BCUT2D eigenvalue weighted by Gasteiger charge is -2.19. The fraction of sp³-hybridized carbons (Fsp3) is 0.200. The number of hydrogen-bond acceptors (Lipinski definition) is 6. The fourth-order valence-corrected chi connectivity index (χ4v) is 3.17. The molecule has 2 aromatic carbocycles.